The monoisotopic (exact) mass is 372 g/mol. The summed E-state index contributed by atoms with van der Waals surface area (Å²) in [6.07, 6.45) is 7.12. The van der Waals surface area contributed by atoms with Crippen molar-refractivity contribution < 1.29 is 9.59 Å². The molecule has 0 aromatic carbocycles. The lowest BCUT2D eigenvalue weighted by atomic mass is 9.72. The summed E-state index contributed by atoms with van der Waals surface area (Å²) in [4.78, 5) is 35.4. The number of rotatable bonds is 5. The normalized spacial score (nSPS) is 21.0. The summed E-state index contributed by atoms with van der Waals surface area (Å²) < 4.78 is 0. The Morgan fingerprint density at radius 1 is 1.33 bits per heavy atom. The predicted molar refractivity (Wildman–Crippen MR) is 105 cm³/mol. The molecule has 6 nitrogen and oxygen atoms in total. The number of nitrogens with zero attached hydrogens (tertiary/aromatic N) is 4. The van der Waals surface area contributed by atoms with E-state index < -0.39 is 0 Å². The number of hydrogen-bond acceptors (Lipinski definition) is 4. The quantitative estimate of drug-likeness (QED) is 0.795. The van der Waals surface area contributed by atoms with Crippen molar-refractivity contribution in [1.29, 1.82) is 0 Å². The summed E-state index contributed by atoms with van der Waals surface area (Å²) in [6.45, 7) is 7.97. The Morgan fingerprint density at radius 2 is 2.07 bits per heavy atom. The molecule has 2 aliphatic rings. The molecular formula is C21H32N4O2. The fourth-order valence-corrected chi connectivity index (χ4v) is 4.29. The Bertz CT molecular complexity index is 655. The zero-order valence-corrected chi connectivity index (χ0v) is 16.9. The van der Waals surface area contributed by atoms with Crippen LogP contribution in [0.1, 0.15) is 45.1 Å². The van der Waals surface area contributed by atoms with Gasteiger partial charge in [0.1, 0.15) is 0 Å². The van der Waals surface area contributed by atoms with Crippen LogP contribution in [-0.2, 0) is 16.1 Å². The second-order valence-electron chi connectivity index (χ2n) is 8.19. The van der Waals surface area contributed by atoms with Gasteiger partial charge >= 0.3 is 0 Å². The smallest absolute Gasteiger partial charge is 0.239 e. The first-order valence-corrected chi connectivity index (χ1v) is 10.1. The molecule has 0 bridgehead atoms. The standard InChI is InChI=1S/C21H32N4O2/c1-4-23(3)17(2)20(27)24-12-9-21(10-13-24)8-7-19(26)25(16-21)15-18-6-5-11-22-14-18/h5-6,11,14,17H,4,7-10,12-13,15-16H2,1-3H3/t17-/m0/s1. The van der Waals surface area contributed by atoms with Gasteiger partial charge in [-0.3, -0.25) is 19.5 Å². The van der Waals surface area contributed by atoms with Crippen LogP contribution in [0.2, 0.25) is 0 Å². The lowest BCUT2D eigenvalue weighted by molar-refractivity contribution is -0.144. The van der Waals surface area contributed by atoms with Gasteiger partial charge in [-0.05, 0) is 56.8 Å². The number of piperidine rings is 2. The van der Waals surface area contributed by atoms with Crippen molar-refractivity contribution in [1.82, 2.24) is 19.7 Å². The number of carbonyl (C=O) groups excluding carboxylic acids is 2. The van der Waals surface area contributed by atoms with Crippen LogP contribution in [0, 0.1) is 5.41 Å². The van der Waals surface area contributed by atoms with Crippen molar-refractivity contribution in [2.75, 3.05) is 33.2 Å². The minimum Gasteiger partial charge on any atom is -0.341 e. The first kappa shape index (κ1) is 19.8. The molecule has 27 heavy (non-hydrogen) atoms. The van der Waals surface area contributed by atoms with Gasteiger partial charge in [0, 0.05) is 45.0 Å². The largest absolute Gasteiger partial charge is 0.341 e. The number of amides is 2. The highest BCUT2D eigenvalue weighted by Crippen LogP contribution is 2.40. The molecule has 3 heterocycles. The summed E-state index contributed by atoms with van der Waals surface area (Å²) in [5.74, 6) is 0.467. The van der Waals surface area contributed by atoms with E-state index in [9.17, 15) is 9.59 Å². The van der Waals surface area contributed by atoms with E-state index in [-0.39, 0.29) is 23.3 Å². The average Bonchev–Trinajstić information content (AvgIpc) is 2.70. The molecule has 148 valence electrons. The molecule has 1 aromatic heterocycles. The molecule has 0 N–H and O–H groups in total. The fourth-order valence-electron chi connectivity index (χ4n) is 4.29. The van der Waals surface area contributed by atoms with Crippen LogP contribution in [0.25, 0.3) is 0 Å². The Morgan fingerprint density at radius 3 is 2.70 bits per heavy atom. The first-order chi connectivity index (χ1) is 12.9. The molecule has 0 aliphatic carbocycles. The molecule has 3 rings (SSSR count). The summed E-state index contributed by atoms with van der Waals surface area (Å²) in [7, 11) is 2.00. The van der Waals surface area contributed by atoms with Crippen molar-refractivity contribution in [2.24, 2.45) is 5.41 Å². The van der Waals surface area contributed by atoms with E-state index in [1.807, 2.05) is 42.1 Å². The minimum absolute atomic E-state index is 0.0703. The van der Waals surface area contributed by atoms with E-state index in [1.54, 1.807) is 6.20 Å². The molecule has 2 saturated heterocycles. The molecule has 2 fully saturated rings. The van der Waals surface area contributed by atoms with E-state index in [1.165, 1.54) is 0 Å². The summed E-state index contributed by atoms with van der Waals surface area (Å²) in [6, 6.07) is 3.87. The maximum atomic E-state index is 12.7. The van der Waals surface area contributed by atoms with Gasteiger partial charge in [-0.1, -0.05) is 13.0 Å². The van der Waals surface area contributed by atoms with Gasteiger partial charge in [-0.15, -0.1) is 0 Å². The molecular weight excluding hydrogens is 340 g/mol. The maximum absolute atomic E-state index is 12.7. The summed E-state index contributed by atoms with van der Waals surface area (Å²) >= 11 is 0. The van der Waals surface area contributed by atoms with Crippen molar-refractivity contribution >= 4 is 11.8 Å². The van der Waals surface area contributed by atoms with E-state index in [4.69, 9.17) is 0 Å². The zero-order valence-electron chi connectivity index (χ0n) is 16.9. The maximum Gasteiger partial charge on any atom is 0.239 e. The van der Waals surface area contributed by atoms with Crippen LogP contribution in [0.15, 0.2) is 24.5 Å². The summed E-state index contributed by atoms with van der Waals surface area (Å²) in [5.41, 5.74) is 1.24. The van der Waals surface area contributed by atoms with Crippen LogP contribution >= 0.6 is 0 Å². The average molecular weight is 373 g/mol. The number of pyridine rings is 1. The lowest BCUT2D eigenvalue weighted by Crippen LogP contribution is -2.54. The molecule has 0 saturated carbocycles. The third-order valence-electron chi connectivity index (χ3n) is 6.50. The third-order valence-corrected chi connectivity index (χ3v) is 6.50. The van der Waals surface area contributed by atoms with Gasteiger partial charge in [0.15, 0.2) is 0 Å². The number of likely N-dealkylation sites (tertiary alicyclic amines) is 2. The molecule has 1 aromatic rings. The van der Waals surface area contributed by atoms with Crippen LogP contribution < -0.4 is 0 Å². The van der Waals surface area contributed by atoms with Crippen molar-refractivity contribution in [2.45, 2.75) is 52.1 Å². The van der Waals surface area contributed by atoms with Gasteiger partial charge in [-0.2, -0.15) is 0 Å². The second-order valence-corrected chi connectivity index (χ2v) is 8.19. The van der Waals surface area contributed by atoms with Gasteiger partial charge in [0.05, 0.1) is 6.04 Å². The highest BCUT2D eigenvalue weighted by Gasteiger charge is 2.42. The van der Waals surface area contributed by atoms with Gasteiger partial charge in [0.2, 0.25) is 11.8 Å². The number of carbonyl (C=O) groups is 2. The van der Waals surface area contributed by atoms with Gasteiger partial charge in [0.25, 0.3) is 0 Å². The van der Waals surface area contributed by atoms with Gasteiger partial charge < -0.3 is 9.80 Å². The van der Waals surface area contributed by atoms with Crippen LogP contribution in [0.4, 0.5) is 0 Å². The minimum atomic E-state index is -0.0703. The Labute approximate surface area is 162 Å². The fraction of sp³-hybridized carbons (Fsp3) is 0.667. The van der Waals surface area contributed by atoms with Gasteiger partial charge in [-0.25, -0.2) is 0 Å². The number of hydrogen-bond donors (Lipinski definition) is 0. The predicted octanol–water partition coefficient (Wildman–Crippen LogP) is 2.15. The molecule has 1 spiro atoms. The zero-order chi connectivity index (χ0) is 19.4. The first-order valence-electron chi connectivity index (χ1n) is 10.1. The second kappa shape index (κ2) is 8.38. The number of aromatic nitrogens is 1. The molecule has 2 aliphatic heterocycles. The van der Waals surface area contributed by atoms with E-state index in [0.29, 0.717) is 13.0 Å². The molecule has 1 atom stereocenters. The molecule has 6 heteroatoms. The SMILES string of the molecule is CCN(C)[C@@H](C)C(=O)N1CCC2(CCC(=O)N(Cc3cccnc3)C2)CC1. The Hall–Kier alpha value is -1.95. The van der Waals surface area contributed by atoms with E-state index in [2.05, 4.69) is 16.8 Å². The molecule has 2 amide bonds. The van der Waals surface area contributed by atoms with Crippen molar-refractivity contribution in [3.05, 3.63) is 30.1 Å². The lowest BCUT2D eigenvalue weighted by Gasteiger charge is -2.48. The van der Waals surface area contributed by atoms with E-state index in [0.717, 1.165) is 51.0 Å². The Kier molecular flexibility index (Phi) is 6.15. The highest BCUT2D eigenvalue weighted by atomic mass is 16.2. The van der Waals surface area contributed by atoms with Crippen molar-refractivity contribution in [3.8, 4) is 0 Å². The topological polar surface area (TPSA) is 56.8 Å². The van der Waals surface area contributed by atoms with Crippen LogP contribution in [0.5, 0.6) is 0 Å². The van der Waals surface area contributed by atoms with E-state index >= 15 is 0 Å². The highest BCUT2D eigenvalue weighted by molar-refractivity contribution is 5.81. The number of likely N-dealkylation sites (N-methyl/N-ethyl adjacent to an activating group) is 1. The molecule has 0 radical (unpaired) electrons. The van der Waals surface area contributed by atoms with Crippen LogP contribution in [0.3, 0.4) is 0 Å². The third kappa shape index (κ3) is 4.49. The Balaban J connectivity index is 1.60. The van der Waals surface area contributed by atoms with Crippen LogP contribution in [-0.4, -0.2) is 70.8 Å². The molecule has 0 unspecified atom stereocenters. The summed E-state index contributed by atoms with van der Waals surface area (Å²) in [5, 5.41) is 0. The van der Waals surface area contributed by atoms with Crippen molar-refractivity contribution in [3.63, 3.8) is 0 Å².